The number of carbonyl (C=O) groups is 1. The molecule has 0 aromatic carbocycles. The van der Waals surface area contributed by atoms with E-state index in [4.69, 9.17) is 0 Å². The van der Waals surface area contributed by atoms with Crippen LogP contribution < -0.4 is 0 Å². The highest BCUT2D eigenvalue weighted by molar-refractivity contribution is 7.75. The van der Waals surface area contributed by atoms with E-state index in [0.717, 1.165) is 12.8 Å². The van der Waals surface area contributed by atoms with E-state index in [-0.39, 0.29) is 0 Å². The molecule has 0 atom stereocenters. The monoisotopic (exact) mass is 160 g/mol. The Bertz CT molecular complexity index is 132. The van der Waals surface area contributed by atoms with E-state index in [2.05, 4.69) is 30.6 Å². The summed E-state index contributed by atoms with van der Waals surface area (Å²) in [5.41, 5.74) is 0.497. The normalized spacial score (nSPS) is 9.00. The van der Waals surface area contributed by atoms with Gasteiger partial charge in [0.15, 0.2) is 0 Å². The Kier molecular flexibility index (Phi) is 5.12. The summed E-state index contributed by atoms with van der Waals surface area (Å²) in [7, 11) is 0. The molecule has 0 radical (unpaired) electrons. The van der Waals surface area contributed by atoms with Crippen molar-refractivity contribution < 1.29 is 8.98 Å². The van der Waals surface area contributed by atoms with Gasteiger partial charge >= 0.3 is 5.97 Å². The molecule has 2 nitrogen and oxygen atoms in total. The highest BCUT2D eigenvalue weighted by Crippen LogP contribution is 2.06. The summed E-state index contributed by atoms with van der Waals surface area (Å²) in [6, 6.07) is 0. The average Bonchev–Trinajstić information content (AvgIpc) is 1.98. The maximum absolute atomic E-state index is 10.6. The first-order chi connectivity index (χ1) is 4.72. The van der Waals surface area contributed by atoms with Gasteiger partial charge in [0, 0.05) is 18.5 Å². The van der Waals surface area contributed by atoms with Crippen LogP contribution >= 0.6 is 12.9 Å². The van der Waals surface area contributed by atoms with Crippen LogP contribution in [-0.4, -0.2) is 5.97 Å². The van der Waals surface area contributed by atoms with Gasteiger partial charge in [0.05, 0.1) is 0 Å². The van der Waals surface area contributed by atoms with E-state index in [1.807, 2.05) is 0 Å². The predicted molar refractivity (Wildman–Crippen MR) is 43.7 cm³/mol. The van der Waals surface area contributed by atoms with Crippen molar-refractivity contribution in [3.63, 3.8) is 0 Å². The third-order valence-electron chi connectivity index (χ3n) is 1.20. The SMILES string of the molecule is C=C(CCCC)C(=O)OS. The largest absolute Gasteiger partial charge is 0.391 e. The van der Waals surface area contributed by atoms with Crippen LogP contribution in [0.5, 0.6) is 0 Å². The molecule has 0 spiro atoms. The van der Waals surface area contributed by atoms with Crippen LogP contribution in [0.15, 0.2) is 12.2 Å². The second kappa shape index (κ2) is 5.35. The van der Waals surface area contributed by atoms with Crippen LogP contribution in [0.25, 0.3) is 0 Å². The minimum atomic E-state index is -0.420. The molecule has 0 aromatic heterocycles. The fraction of sp³-hybridized carbons (Fsp3) is 0.571. The molecule has 0 bridgehead atoms. The second-order valence-electron chi connectivity index (χ2n) is 2.09. The van der Waals surface area contributed by atoms with Crippen molar-refractivity contribution in [3.8, 4) is 0 Å². The molecule has 0 fully saturated rings. The van der Waals surface area contributed by atoms with Crippen LogP contribution in [0.4, 0.5) is 0 Å². The number of thiol groups is 1. The van der Waals surface area contributed by atoms with E-state index in [1.54, 1.807) is 0 Å². The lowest BCUT2D eigenvalue weighted by molar-refractivity contribution is -0.128. The van der Waals surface area contributed by atoms with Crippen LogP contribution in [0.2, 0.25) is 0 Å². The lowest BCUT2D eigenvalue weighted by Gasteiger charge is -1.98. The first-order valence-corrected chi connectivity index (χ1v) is 3.62. The third-order valence-corrected chi connectivity index (χ3v) is 1.37. The molecule has 0 unspecified atom stereocenters. The van der Waals surface area contributed by atoms with E-state index in [9.17, 15) is 4.79 Å². The molecule has 58 valence electrons. The molecule has 0 rings (SSSR count). The zero-order valence-corrected chi connectivity index (χ0v) is 6.99. The molecule has 0 N–H and O–H groups in total. The van der Waals surface area contributed by atoms with Gasteiger partial charge in [-0.1, -0.05) is 19.9 Å². The fourth-order valence-electron chi connectivity index (χ4n) is 0.557. The molecule has 10 heavy (non-hydrogen) atoms. The molecular weight excluding hydrogens is 148 g/mol. The molecule has 0 aromatic rings. The molecule has 0 saturated carbocycles. The van der Waals surface area contributed by atoms with Crippen LogP contribution in [0.3, 0.4) is 0 Å². The highest BCUT2D eigenvalue weighted by Gasteiger charge is 2.04. The van der Waals surface area contributed by atoms with E-state index in [1.165, 1.54) is 0 Å². The van der Waals surface area contributed by atoms with Gasteiger partial charge in [-0.3, -0.25) is 0 Å². The molecule has 3 heteroatoms. The number of rotatable bonds is 4. The molecule has 0 saturated heterocycles. The summed E-state index contributed by atoms with van der Waals surface area (Å²) in [6.45, 7) is 5.59. The summed E-state index contributed by atoms with van der Waals surface area (Å²) in [4.78, 5) is 10.6. The van der Waals surface area contributed by atoms with Crippen molar-refractivity contribution in [1.82, 2.24) is 0 Å². The van der Waals surface area contributed by atoms with Crippen molar-refractivity contribution in [3.05, 3.63) is 12.2 Å². The fourth-order valence-corrected chi connectivity index (χ4v) is 0.686. The van der Waals surface area contributed by atoms with E-state index in [0.29, 0.717) is 12.0 Å². The molecular formula is C7H12O2S. The molecule has 0 heterocycles. The van der Waals surface area contributed by atoms with Crippen molar-refractivity contribution in [2.24, 2.45) is 0 Å². The van der Waals surface area contributed by atoms with E-state index < -0.39 is 5.97 Å². The first-order valence-electron chi connectivity index (χ1n) is 3.26. The summed E-state index contributed by atoms with van der Waals surface area (Å²) in [5, 5.41) is 0. The smallest absolute Gasteiger partial charge is 0.345 e. The van der Waals surface area contributed by atoms with Crippen molar-refractivity contribution in [2.45, 2.75) is 26.2 Å². The molecule has 0 aliphatic carbocycles. The average molecular weight is 160 g/mol. The number of unbranched alkanes of at least 4 members (excludes halogenated alkanes) is 1. The topological polar surface area (TPSA) is 26.3 Å². The first kappa shape index (κ1) is 9.56. The maximum Gasteiger partial charge on any atom is 0.345 e. The van der Waals surface area contributed by atoms with Gasteiger partial charge < -0.3 is 4.18 Å². The third kappa shape index (κ3) is 3.56. The van der Waals surface area contributed by atoms with Gasteiger partial charge in [-0.2, -0.15) is 0 Å². The molecule has 0 aliphatic rings. The van der Waals surface area contributed by atoms with Gasteiger partial charge in [-0.05, 0) is 12.8 Å². The number of hydrogen-bond acceptors (Lipinski definition) is 3. The molecule has 0 aliphatic heterocycles. The Morgan fingerprint density at radius 3 is 2.70 bits per heavy atom. The lowest BCUT2D eigenvalue weighted by atomic mass is 10.1. The minimum Gasteiger partial charge on any atom is -0.391 e. The maximum atomic E-state index is 10.6. The second-order valence-corrected chi connectivity index (χ2v) is 2.27. The zero-order valence-electron chi connectivity index (χ0n) is 6.09. The number of hydrogen-bond donors (Lipinski definition) is 1. The Balaban J connectivity index is 3.52. The van der Waals surface area contributed by atoms with Crippen LogP contribution in [0.1, 0.15) is 26.2 Å². The Labute approximate surface area is 66.9 Å². The Morgan fingerprint density at radius 2 is 2.30 bits per heavy atom. The predicted octanol–water partition coefficient (Wildman–Crippen LogP) is 2.12. The summed E-state index contributed by atoms with van der Waals surface area (Å²) < 4.78 is 4.17. The van der Waals surface area contributed by atoms with E-state index >= 15 is 0 Å². The molecule has 0 amide bonds. The van der Waals surface area contributed by atoms with Gasteiger partial charge in [0.2, 0.25) is 0 Å². The van der Waals surface area contributed by atoms with Gasteiger partial charge in [-0.25, -0.2) is 4.79 Å². The summed E-state index contributed by atoms with van der Waals surface area (Å²) in [6.07, 6.45) is 2.73. The van der Waals surface area contributed by atoms with Crippen molar-refractivity contribution >= 4 is 18.9 Å². The zero-order chi connectivity index (χ0) is 7.98. The van der Waals surface area contributed by atoms with Crippen molar-refractivity contribution in [1.29, 1.82) is 0 Å². The lowest BCUT2D eigenvalue weighted by Crippen LogP contribution is -1.99. The van der Waals surface area contributed by atoms with Gasteiger partial charge in [-0.15, -0.1) is 0 Å². The van der Waals surface area contributed by atoms with Gasteiger partial charge in [0.25, 0.3) is 0 Å². The summed E-state index contributed by atoms with van der Waals surface area (Å²) >= 11 is 3.37. The van der Waals surface area contributed by atoms with Crippen molar-refractivity contribution in [2.75, 3.05) is 0 Å². The number of carbonyl (C=O) groups excluding carboxylic acids is 1. The minimum absolute atomic E-state index is 0.420. The highest BCUT2D eigenvalue weighted by atomic mass is 32.1. The quantitative estimate of drug-likeness (QED) is 0.387. The standard InChI is InChI=1S/C7H12O2S/c1-3-4-5-6(2)7(8)9-10/h10H,2-5H2,1H3. The van der Waals surface area contributed by atoms with Crippen LogP contribution in [-0.2, 0) is 8.98 Å². The Hall–Kier alpha value is -0.440. The van der Waals surface area contributed by atoms with Gasteiger partial charge in [0.1, 0.15) is 0 Å². The van der Waals surface area contributed by atoms with Crippen LogP contribution in [0, 0.1) is 0 Å². The summed E-state index contributed by atoms with van der Waals surface area (Å²) in [5.74, 6) is -0.420. The Morgan fingerprint density at radius 1 is 1.70 bits per heavy atom.